The highest BCUT2D eigenvalue weighted by Crippen LogP contribution is 2.23. The number of nitrogens with zero attached hydrogens (tertiary/aromatic N) is 4. The Morgan fingerprint density at radius 2 is 2.23 bits per heavy atom. The maximum Gasteiger partial charge on any atom is 0.219 e. The van der Waals surface area contributed by atoms with Crippen molar-refractivity contribution in [1.29, 1.82) is 0 Å². The predicted octanol–water partition coefficient (Wildman–Crippen LogP) is 1.51. The van der Waals surface area contributed by atoms with Crippen molar-refractivity contribution < 1.29 is 18.6 Å². The number of amidine groups is 1. The molecule has 0 bridgehead atoms. The van der Waals surface area contributed by atoms with Gasteiger partial charge in [0.2, 0.25) is 5.91 Å². The van der Waals surface area contributed by atoms with Crippen LogP contribution in [0.5, 0.6) is 5.75 Å². The van der Waals surface area contributed by atoms with E-state index in [0.29, 0.717) is 36.8 Å². The summed E-state index contributed by atoms with van der Waals surface area (Å²) in [4.78, 5) is 18.5. The normalized spacial score (nSPS) is 18.2. The Morgan fingerprint density at radius 1 is 1.40 bits per heavy atom. The molecule has 1 N–H and O–H groups in total. The van der Waals surface area contributed by atoms with Crippen LogP contribution in [0.1, 0.15) is 30.9 Å². The number of aromatic nitrogens is 2. The SMILES string of the molecule is CON/C(=N\S(=O)C1CCCN(C(C)=O)C1)c1ccc(Cn2cccn2)cc1OC. The maximum atomic E-state index is 12.9. The molecule has 3 rings (SSSR count). The highest BCUT2D eigenvalue weighted by atomic mass is 32.2. The zero-order chi connectivity index (χ0) is 21.5. The molecule has 30 heavy (non-hydrogen) atoms. The lowest BCUT2D eigenvalue weighted by molar-refractivity contribution is -0.129. The van der Waals surface area contributed by atoms with Gasteiger partial charge in [0.05, 0.1) is 31.6 Å². The smallest absolute Gasteiger partial charge is 0.219 e. The van der Waals surface area contributed by atoms with Crippen molar-refractivity contribution in [3.63, 3.8) is 0 Å². The van der Waals surface area contributed by atoms with E-state index in [0.717, 1.165) is 18.4 Å². The van der Waals surface area contributed by atoms with Crippen LogP contribution in [0.4, 0.5) is 0 Å². The molecule has 0 spiro atoms. The van der Waals surface area contributed by atoms with Gasteiger partial charge in [-0.25, -0.2) is 9.69 Å². The monoisotopic (exact) mass is 433 g/mol. The molecule has 0 radical (unpaired) electrons. The lowest BCUT2D eigenvalue weighted by Crippen LogP contribution is -2.42. The summed E-state index contributed by atoms with van der Waals surface area (Å²) < 4.78 is 24.7. The number of hydrogen-bond donors (Lipinski definition) is 1. The minimum absolute atomic E-state index is 0.00893. The molecule has 1 aliphatic rings. The third-order valence-corrected chi connectivity index (χ3v) is 6.23. The van der Waals surface area contributed by atoms with E-state index in [4.69, 9.17) is 9.57 Å². The fourth-order valence-corrected chi connectivity index (χ4v) is 4.52. The maximum absolute atomic E-state index is 12.9. The first kappa shape index (κ1) is 22.0. The summed E-state index contributed by atoms with van der Waals surface area (Å²) in [5.41, 5.74) is 4.36. The number of amides is 1. The second-order valence-corrected chi connectivity index (χ2v) is 8.39. The van der Waals surface area contributed by atoms with Crippen molar-refractivity contribution in [1.82, 2.24) is 20.2 Å². The highest BCUT2D eigenvalue weighted by molar-refractivity contribution is 7.84. The van der Waals surface area contributed by atoms with Crippen LogP contribution < -0.4 is 10.2 Å². The van der Waals surface area contributed by atoms with Gasteiger partial charge in [0.25, 0.3) is 0 Å². The van der Waals surface area contributed by atoms with Gasteiger partial charge in [-0.15, -0.1) is 0 Å². The van der Waals surface area contributed by atoms with E-state index in [1.165, 1.54) is 14.0 Å². The topological polar surface area (TPSA) is 98.1 Å². The molecule has 2 heterocycles. The Bertz CT molecular complexity index is 916. The van der Waals surface area contributed by atoms with Crippen LogP contribution in [0.25, 0.3) is 0 Å². The zero-order valence-electron chi connectivity index (χ0n) is 17.4. The summed E-state index contributed by atoms with van der Waals surface area (Å²) in [6, 6.07) is 7.55. The molecule has 0 aliphatic carbocycles. The fourth-order valence-electron chi connectivity index (χ4n) is 3.38. The van der Waals surface area contributed by atoms with E-state index in [1.54, 1.807) is 18.2 Å². The third kappa shape index (κ3) is 5.45. The third-order valence-electron chi connectivity index (χ3n) is 4.91. The number of hydrogen-bond acceptors (Lipinski definition) is 5. The van der Waals surface area contributed by atoms with Crippen LogP contribution in [-0.2, 0) is 27.2 Å². The number of ether oxygens (including phenoxy) is 1. The molecular weight excluding hydrogens is 406 g/mol. The first-order chi connectivity index (χ1) is 14.5. The van der Waals surface area contributed by atoms with Gasteiger partial charge in [-0.3, -0.25) is 14.3 Å². The molecule has 2 aromatic rings. The van der Waals surface area contributed by atoms with Gasteiger partial charge in [-0.2, -0.15) is 9.50 Å². The van der Waals surface area contributed by atoms with Gasteiger partial charge in [0.1, 0.15) is 16.7 Å². The fraction of sp³-hybridized carbons (Fsp3) is 0.450. The number of nitrogens with one attached hydrogen (secondary N) is 1. The summed E-state index contributed by atoms with van der Waals surface area (Å²) in [5.74, 6) is 0.887. The van der Waals surface area contributed by atoms with Gasteiger partial charge in [0.15, 0.2) is 5.84 Å². The van der Waals surface area contributed by atoms with E-state index < -0.39 is 11.0 Å². The van der Waals surface area contributed by atoms with E-state index in [1.807, 2.05) is 35.1 Å². The quantitative estimate of drug-likeness (QED) is 0.404. The zero-order valence-corrected chi connectivity index (χ0v) is 18.2. The van der Waals surface area contributed by atoms with E-state index in [9.17, 15) is 9.00 Å². The molecule has 0 saturated carbocycles. The molecule has 2 unspecified atom stereocenters. The first-order valence-electron chi connectivity index (χ1n) is 9.70. The minimum Gasteiger partial charge on any atom is -0.496 e. The van der Waals surface area contributed by atoms with Crippen LogP contribution in [0, 0.1) is 0 Å². The number of methoxy groups -OCH3 is 1. The number of piperidine rings is 1. The second kappa shape index (κ2) is 10.4. The summed E-state index contributed by atoms with van der Waals surface area (Å²) in [7, 11) is 1.51. The van der Waals surface area contributed by atoms with Crippen LogP contribution in [0.2, 0.25) is 0 Å². The number of carbonyl (C=O) groups is 1. The molecule has 1 aromatic heterocycles. The van der Waals surface area contributed by atoms with Gasteiger partial charge < -0.3 is 9.64 Å². The molecule has 10 heteroatoms. The van der Waals surface area contributed by atoms with Crippen LogP contribution in [0.15, 0.2) is 41.1 Å². The van der Waals surface area contributed by atoms with Gasteiger partial charge in [0, 0.05) is 32.4 Å². The summed E-state index contributed by atoms with van der Waals surface area (Å²) in [6.07, 6.45) is 5.17. The van der Waals surface area contributed by atoms with E-state index in [2.05, 4.69) is 15.0 Å². The number of likely N-dealkylation sites (tertiary alicyclic amines) is 1. The van der Waals surface area contributed by atoms with E-state index in [-0.39, 0.29) is 11.2 Å². The van der Waals surface area contributed by atoms with Gasteiger partial charge in [-0.05, 0) is 36.6 Å². The average molecular weight is 434 g/mol. The molecule has 1 aromatic carbocycles. The minimum atomic E-state index is -1.54. The molecule has 162 valence electrons. The lowest BCUT2D eigenvalue weighted by Gasteiger charge is -2.30. The largest absolute Gasteiger partial charge is 0.496 e. The molecule has 1 saturated heterocycles. The first-order valence-corrected chi connectivity index (χ1v) is 10.9. The van der Waals surface area contributed by atoms with Crippen LogP contribution >= 0.6 is 0 Å². The number of benzene rings is 1. The van der Waals surface area contributed by atoms with Gasteiger partial charge in [-0.1, -0.05) is 6.07 Å². The standard InChI is InChI=1S/C20H27N5O4S/c1-15(26)24-10-4-6-17(14-24)30(27)23-20(22-29-3)18-8-7-16(12-19(18)28-2)13-25-11-5-9-21-25/h5,7-9,11-12,17H,4,6,10,13-14H2,1-3H3,(H,22,23). The second-order valence-electron chi connectivity index (χ2n) is 6.99. The number of hydroxylamine groups is 1. The van der Waals surface area contributed by atoms with Crippen molar-refractivity contribution in [3.8, 4) is 5.75 Å². The van der Waals surface area contributed by atoms with Crippen molar-refractivity contribution in [2.45, 2.75) is 31.6 Å². The Hall–Kier alpha value is -2.72. The van der Waals surface area contributed by atoms with Crippen molar-refractivity contribution in [3.05, 3.63) is 47.8 Å². The Morgan fingerprint density at radius 3 is 2.90 bits per heavy atom. The molecule has 2 atom stereocenters. The number of carbonyl (C=O) groups excluding carboxylic acids is 1. The summed E-state index contributed by atoms with van der Waals surface area (Å²) in [6.45, 7) is 3.26. The molecule has 9 nitrogen and oxygen atoms in total. The van der Waals surface area contributed by atoms with Crippen LogP contribution in [-0.4, -0.2) is 63.2 Å². The Balaban J connectivity index is 1.83. The molecule has 1 fully saturated rings. The van der Waals surface area contributed by atoms with Crippen molar-refractivity contribution in [2.75, 3.05) is 27.3 Å². The highest BCUT2D eigenvalue weighted by Gasteiger charge is 2.27. The van der Waals surface area contributed by atoms with Gasteiger partial charge >= 0.3 is 0 Å². The van der Waals surface area contributed by atoms with Crippen molar-refractivity contribution in [2.24, 2.45) is 4.40 Å². The number of rotatable bonds is 7. The molecule has 1 aliphatic heterocycles. The Kier molecular flexibility index (Phi) is 7.58. The molecular formula is C20H27N5O4S. The Labute approximate surface area is 178 Å². The molecule has 1 amide bonds. The van der Waals surface area contributed by atoms with E-state index >= 15 is 0 Å². The summed E-state index contributed by atoms with van der Waals surface area (Å²) >= 11 is 0. The summed E-state index contributed by atoms with van der Waals surface area (Å²) in [5, 5.41) is 3.99. The van der Waals surface area contributed by atoms with Crippen LogP contribution in [0.3, 0.4) is 0 Å². The lowest BCUT2D eigenvalue weighted by atomic mass is 10.1. The predicted molar refractivity (Wildman–Crippen MR) is 114 cm³/mol. The van der Waals surface area contributed by atoms with Crippen molar-refractivity contribution >= 4 is 22.7 Å². The average Bonchev–Trinajstić information content (AvgIpc) is 3.26.